The Morgan fingerprint density at radius 1 is 1.24 bits per heavy atom. The van der Waals surface area contributed by atoms with Crippen molar-refractivity contribution in [2.24, 2.45) is 5.92 Å². The lowest BCUT2D eigenvalue weighted by atomic mass is 10.1. The van der Waals surface area contributed by atoms with Crippen molar-refractivity contribution < 1.29 is 9.47 Å². The van der Waals surface area contributed by atoms with E-state index in [1.54, 1.807) is 0 Å². The van der Waals surface area contributed by atoms with Crippen LogP contribution in [0, 0.1) is 12.8 Å². The lowest BCUT2D eigenvalue weighted by molar-refractivity contribution is 0.0374. The molecule has 1 aromatic carbocycles. The quantitative estimate of drug-likeness (QED) is 0.770. The number of nitrogens with zero attached hydrogens (tertiary/aromatic N) is 1. The van der Waals surface area contributed by atoms with Crippen molar-refractivity contribution >= 4 is 0 Å². The van der Waals surface area contributed by atoms with Gasteiger partial charge in [0.2, 0.25) is 0 Å². The van der Waals surface area contributed by atoms with Crippen molar-refractivity contribution in [1.29, 1.82) is 0 Å². The Hall–Kier alpha value is -1.06. The molecule has 1 saturated carbocycles. The van der Waals surface area contributed by atoms with Gasteiger partial charge in [0.15, 0.2) is 0 Å². The average Bonchev–Trinajstić information content (AvgIpc) is 3.32. The predicted molar refractivity (Wildman–Crippen MR) is 85.0 cm³/mol. The molecule has 2 fully saturated rings. The van der Waals surface area contributed by atoms with Crippen LogP contribution in [0.1, 0.15) is 30.4 Å². The lowest BCUT2D eigenvalue weighted by Gasteiger charge is -2.26. The Labute approximate surface area is 128 Å². The van der Waals surface area contributed by atoms with Gasteiger partial charge in [0.05, 0.1) is 19.8 Å². The molecule has 0 unspecified atom stereocenters. The molecule has 0 aromatic heterocycles. The summed E-state index contributed by atoms with van der Waals surface area (Å²) in [6, 6.07) is 6.61. The Kier molecular flexibility index (Phi) is 5.15. The van der Waals surface area contributed by atoms with Crippen molar-refractivity contribution in [1.82, 2.24) is 4.90 Å². The van der Waals surface area contributed by atoms with Crippen LogP contribution in [0.25, 0.3) is 0 Å². The highest BCUT2D eigenvalue weighted by Gasteiger charge is 2.22. The van der Waals surface area contributed by atoms with E-state index in [1.807, 2.05) is 0 Å². The van der Waals surface area contributed by atoms with E-state index in [1.165, 1.54) is 36.9 Å². The predicted octanol–water partition coefficient (Wildman–Crippen LogP) is 3.05. The normalized spacial score (nSPS) is 19.7. The second kappa shape index (κ2) is 7.28. The maximum atomic E-state index is 6.02. The molecule has 1 aliphatic heterocycles. The number of hydrogen-bond donors (Lipinski definition) is 0. The van der Waals surface area contributed by atoms with E-state index in [-0.39, 0.29) is 0 Å². The van der Waals surface area contributed by atoms with Gasteiger partial charge in [-0.15, -0.1) is 0 Å². The minimum absolute atomic E-state index is 0.813. The molecule has 0 bridgehead atoms. The smallest absolute Gasteiger partial charge is 0.122 e. The molecule has 0 amide bonds. The van der Waals surface area contributed by atoms with Crippen molar-refractivity contribution in [3.63, 3.8) is 0 Å². The largest absolute Gasteiger partial charge is 0.493 e. The summed E-state index contributed by atoms with van der Waals surface area (Å²) in [5.41, 5.74) is 2.71. The molecule has 3 nitrogen and oxygen atoms in total. The average molecular weight is 289 g/mol. The van der Waals surface area contributed by atoms with Crippen molar-refractivity contribution in [2.45, 2.75) is 32.6 Å². The lowest BCUT2D eigenvalue weighted by Crippen LogP contribution is -2.36. The Bertz CT molecular complexity index is 451. The number of benzene rings is 1. The van der Waals surface area contributed by atoms with Crippen molar-refractivity contribution in [3.05, 3.63) is 29.3 Å². The topological polar surface area (TPSA) is 21.7 Å². The van der Waals surface area contributed by atoms with E-state index < -0.39 is 0 Å². The highest BCUT2D eigenvalue weighted by molar-refractivity contribution is 5.37. The number of hydrogen-bond acceptors (Lipinski definition) is 3. The number of aryl methyl sites for hydroxylation is 2. The maximum Gasteiger partial charge on any atom is 0.122 e. The van der Waals surface area contributed by atoms with Gasteiger partial charge >= 0.3 is 0 Å². The molecule has 0 radical (unpaired) electrons. The first-order valence-corrected chi connectivity index (χ1v) is 8.34. The molecule has 21 heavy (non-hydrogen) atoms. The zero-order chi connectivity index (χ0) is 14.5. The molecule has 0 atom stereocenters. The SMILES string of the molecule is Cc1ccc(OCC2CC2)c(CCCN2CCOCC2)c1. The summed E-state index contributed by atoms with van der Waals surface area (Å²) in [4.78, 5) is 2.50. The molecule has 0 N–H and O–H groups in total. The fraction of sp³-hybridized carbons (Fsp3) is 0.667. The summed E-state index contributed by atoms with van der Waals surface area (Å²) in [6.07, 6.45) is 5.00. The van der Waals surface area contributed by atoms with Gasteiger partial charge in [-0.25, -0.2) is 0 Å². The fourth-order valence-electron chi connectivity index (χ4n) is 2.85. The van der Waals surface area contributed by atoms with Gasteiger partial charge in [-0.3, -0.25) is 4.90 Å². The second-order valence-corrected chi connectivity index (χ2v) is 6.42. The van der Waals surface area contributed by atoms with Crippen LogP contribution < -0.4 is 4.74 Å². The van der Waals surface area contributed by atoms with E-state index in [0.29, 0.717) is 0 Å². The number of ether oxygens (including phenoxy) is 2. The van der Waals surface area contributed by atoms with Crippen LogP contribution in [0.3, 0.4) is 0 Å². The van der Waals surface area contributed by atoms with Crippen LogP contribution in [-0.2, 0) is 11.2 Å². The first-order valence-electron chi connectivity index (χ1n) is 8.34. The summed E-state index contributed by atoms with van der Waals surface area (Å²) < 4.78 is 11.4. The van der Waals surface area contributed by atoms with Gasteiger partial charge in [0.1, 0.15) is 5.75 Å². The summed E-state index contributed by atoms with van der Waals surface area (Å²) in [5.74, 6) is 1.92. The minimum atomic E-state index is 0.813. The van der Waals surface area contributed by atoms with E-state index >= 15 is 0 Å². The Morgan fingerprint density at radius 2 is 2.05 bits per heavy atom. The summed E-state index contributed by atoms with van der Waals surface area (Å²) in [7, 11) is 0. The van der Waals surface area contributed by atoms with Crippen LogP contribution >= 0.6 is 0 Å². The molecule has 1 saturated heterocycles. The van der Waals surface area contributed by atoms with Crippen LogP contribution in [0.15, 0.2) is 18.2 Å². The molecule has 1 heterocycles. The molecule has 3 heteroatoms. The highest BCUT2D eigenvalue weighted by Crippen LogP contribution is 2.31. The van der Waals surface area contributed by atoms with Gasteiger partial charge in [0.25, 0.3) is 0 Å². The summed E-state index contributed by atoms with van der Waals surface area (Å²) in [5, 5.41) is 0. The molecular weight excluding hydrogens is 262 g/mol. The van der Waals surface area contributed by atoms with Gasteiger partial charge in [-0.1, -0.05) is 17.7 Å². The van der Waals surface area contributed by atoms with Crippen LogP contribution in [0.5, 0.6) is 5.75 Å². The highest BCUT2D eigenvalue weighted by atomic mass is 16.5. The van der Waals surface area contributed by atoms with E-state index in [2.05, 4.69) is 30.0 Å². The molecule has 2 aliphatic rings. The van der Waals surface area contributed by atoms with Gasteiger partial charge < -0.3 is 9.47 Å². The van der Waals surface area contributed by atoms with Crippen LogP contribution in [0.2, 0.25) is 0 Å². The molecule has 1 aliphatic carbocycles. The standard InChI is InChI=1S/C18H27NO2/c1-15-4-7-18(21-14-16-5-6-16)17(13-15)3-2-8-19-9-11-20-12-10-19/h4,7,13,16H,2-3,5-6,8-12,14H2,1H3. The zero-order valence-corrected chi connectivity index (χ0v) is 13.1. The molecule has 3 rings (SSSR count). The first-order chi connectivity index (χ1) is 10.3. The van der Waals surface area contributed by atoms with E-state index in [0.717, 1.165) is 51.0 Å². The zero-order valence-electron chi connectivity index (χ0n) is 13.1. The Morgan fingerprint density at radius 3 is 2.81 bits per heavy atom. The molecular formula is C18H27NO2. The van der Waals surface area contributed by atoms with Crippen molar-refractivity contribution in [2.75, 3.05) is 39.5 Å². The Balaban J connectivity index is 1.50. The molecule has 0 spiro atoms. The maximum absolute atomic E-state index is 6.02. The third kappa shape index (κ3) is 4.72. The number of rotatable bonds is 7. The minimum Gasteiger partial charge on any atom is -0.493 e. The fourth-order valence-corrected chi connectivity index (χ4v) is 2.85. The van der Waals surface area contributed by atoms with Crippen LogP contribution in [0.4, 0.5) is 0 Å². The first kappa shape index (κ1) is 14.9. The van der Waals surface area contributed by atoms with Gasteiger partial charge in [0, 0.05) is 13.1 Å². The van der Waals surface area contributed by atoms with Crippen molar-refractivity contribution in [3.8, 4) is 5.75 Å². The second-order valence-electron chi connectivity index (χ2n) is 6.42. The molecule has 1 aromatic rings. The third-order valence-corrected chi connectivity index (χ3v) is 4.41. The van der Waals surface area contributed by atoms with E-state index in [9.17, 15) is 0 Å². The van der Waals surface area contributed by atoms with Gasteiger partial charge in [-0.05, 0) is 56.7 Å². The van der Waals surface area contributed by atoms with Crippen LogP contribution in [-0.4, -0.2) is 44.4 Å². The van der Waals surface area contributed by atoms with E-state index in [4.69, 9.17) is 9.47 Å². The summed E-state index contributed by atoms with van der Waals surface area (Å²) >= 11 is 0. The monoisotopic (exact) mass is 289 g/mol. The third-order valence-electron chi connectivity index (χ3n) is 4.41. The number of morpholine rings is 1. The molecule has 116 valence electrons. The summed E-state index contributed by atoms with van der Waals surface area (Å²) in [6.45, 7) is 8.17. The van der Waals surface area contributed by atoms with Gasteiger partial charge in [-0.2, -0.15) is 0 Å².